The summed E-state index contributed by atoms with van der Waals surface area (Å²) in [4.78, 5) is 0. The van der Waals surface area contributed by atoms with Gasteiger partial charge in [0.2, 0.25) is 0 Å². The fraction of sp³-hybridized carbons (Fsp3) is 0.400. The van der Waals surface area contributed by atoms with E-state index in [2.05, 4.69) is 5.32 Å². The summed E-state index contributed by atoms with van der Waals surface area (Å²) in [5.74, 6) is -2.96. The van der Waals surface area contributed by atoms with E-state index in [4.69, 9.17) is 9.47 Å². The summed E-state index contributed by atoms with van der Waals surface area (Å²) in [6, 6.07) is 1.19. The fourth-order valence-electron chi connectivity index (χ4n) is 1.16. The number of nitrogens with one attached hydrogen (secondary N) is 1. The van der Waals surface area contributed by atoms with E-state index in [1.165, 1.54) is 14.2 Å². The molecule has 0 fully saturated rings. The van der Waals surface area contributed by atoms with Gasteiger partial charge in [-0.15, -0.1) is 0 Å². The first kappa shape index (κ1) is 12.8. The van der Waals surface area contributed by atoms with Crippen molar-refractivity contribution >= 4 is 5.69 Å². The molecule has 0 aliphatic heterocycles. The number of rotatable bonds is 5. The van der Waals surface area contributed by atoms with Gasteiger partial charge in [-0.3, -0.25) is 0 Å². The van der Waals surface area contributed by atoms with Crippen molar-refractivity contribution in [3.8, 4) is 0 Å². The Balaban J connectivity index is 2.74. The summed E-state index contributed by atoms with van der Waals surface area (Å²) in [6.07, 6.45) is -0.635. The van der Waals surface area contributed by atoms with E-state index in [0.717, 1.165) is 0 Å². The van der Waals surface area contributed by atoms with Gasteiger partial charge in [0.1, 0.15) is 11.5 Å². The van der Waals surface area contributed by atoms with Crippen LogP contribution in [0.4, 0.5) is 18.9 Å². The predicted octanol–water partition coefficient (Wildman–Crippen LogP) is 2.13. The van der Waals surface area contributed by atoms with Crippen molar-refractivity contribution in [3.63, 3.8) is 0 Å². The zero-order valence-electron chi connectivity index (χ0n) is 8.89. The summed E-state index contributed by atoms with van der Waals surface area (Å²) in [6.45, 7) is 0.0481. The minimum Gasteiger partial charge on any atom is -0.375 e. The first-order valence-electron chi connectivity index (χ1n) is 4.52. The molecule has 16 heavy (non-hydrogen) atoms. The van der Waals surface area contributed by atoms with Crippen LogP contribution in [0.25, 0.3) is 0 Å². The van der Waals surface area contributed by atoms with Crippen molar-refractivity contribution in [2.75, 3.05) is 26.1 Å². The number of anilines is 1. The molecule has 6 heteroatoms. The van der Waals surface area contributed by atoms with Crippen LogP contribution in [-0.4, -0.2) is 27.1 Å². The Morgan fingerprint density at radius 1 is 1.12 bits per heavy atom. The van der Waals surface area contributed by atoms with Gasteiger partial charge >= 0.3 is 0 Å². The van der Waals surface area contributed by atoms with Crippen LogP contribution in [0.15, 0.2) is 12.1 Å². The van der Waals surface area contributed by atoms with Gasteiger partial charge in [-0.2, -0.15) is 0 Å². The first-order valence-corrected chi connectivity index (χ1v) is 4.52. The lowest BCUT2D eigenvalue weighted by Gasteiger charge is -2.15. The Morgan fingerprint density at radius 3 is 2.06 bits per heavy atom. The molecule has 90 valence electrons. The SMILES string of the molecule is COC(CNc1c(F)cc(F)cc1F)OC. The molecule has 1 N–H and O–H groups in total. The third-order valence-corrected chi connectivity index (χ3v) is 1.98. The number of hydrogen-bond acceptors (Lipinski definition) is 3. The average molecular weight is 235 g/mol. The molecule has 0 heterocycles. The Morgan fingerprint density at radius 2 is 1.62 bits per heavy atom. The summed E-state index contributed by atoms with van der Waals surface area (Å²) in [7, 11) is 2.79. The molecule has 0 radical (unpaired) electrons. The van der Waals surface area contributed by atoms with Crippen molar-refractivity contribution < 1.29 is 22.6 Å². The van der Waals surface area contributed by atoms with Gasteiger partial charge in [0, 0.05) is 26.4 Å². The Hall–Kier alpha value is -1.27. The highest BCUT2D eigenvalue weighted by molar-refractivity contribution is 5.46. The summed E-state index contributed by atoms with van der Waals surface area (Å²) in [5.41, 5.74) is -0.402. The van der Waals surface area contributed by atoms with Crippen LogP contribution in [0.1, 0.15) is 0 Å². The maximum atomic E-state index is 13.1. The second-order valence-electron chi connectivity index (χ2n) is 3.03. The van der Waals surface area contributed by atoms with Gasteiger partial charge in [-0.05, 0) is 0 Å². The van der Waals surface area contributed by atoms with E-state index in [1.807, 2.05) is 0 Å². The maximum Gasteiger partial charge on any atom is 0.173 e. The summed E-state index contributed by atoms with van der Waals surface area (Å²) >= 11 is 0. The quantitative estimate of drug-likeness (QED) is 0.793. The molecule has 0 saturated heterocycles. The lowest BCUT2D eigenvalue weighted by atomic mass is 10.2. The van der Waals surface area contributed by atoms with Crippen LogP contribution in [-0.2, 0) is 9.47 Å². The van der Waals surface area contributed by atoms with E-state index < -0.39 is 29.4 Å². The van der Waals surface area contributed by atoms with E-state index in [9.17, 15) is 13.2 Å². The molecule has 0 bridgehead atoms. The molecule has 0 spiro atoms. The van der Waals surface area contributed by atoms with Crippen molar-refractivity contribution in [3.05, 3.63) is 29.6 Å². The van der Waals surface area contributed by atoms with Crippen LogP contribution in [0, 0.1) is 17.5 Å². The van der Waals surface area contributed by atoms with Crippen LogP contribution < -0.4 is 5.32 Å². The highest BCUT2D eigenvalue weighted by Crippen LogP contribution is 2.20. The Bertz CT molecular complexity index is 333. The standard InChI is InChI=1S/C10H12F3NO2/c1-15-9(16-2)5-14-10-7(12)3-6(11)4-8(10)13/h3-4,9,14H,5H2,1-2H3. The van der Waals surface area contributed by atoms with Gasteiger partial charge in [0.15, 0.2) is 17.9 Å². The summed E-state index contributed by atoms with van der Waals surface area (Å²) < 4.78 is 48.5. The minimum absolute atomic E-state index is 0.0481. The van der Waals surface area contributed by atoms with Crippen molar-refractivity contribution in [2.24, 2.45) is 0 Å². The number of hydrogen-bond donors (Lipinski definition) is 1. The lowest BCUT2D eigenvalue weighted by Crippen LogP contribution is -2.24. The van der Waals surface area contributed by atoms with E-state index >= 15 is 0 Å². The monoisotopic (exact) mass is 235 g/mol. The highest BCUT2D eigenvalue weighted by atomic mass is 19.1. The van der Waals surface area contributed by atoms with E-state index in [1.54, 1.807) is 0 Å². The average Bonchev–Trinajstić information content (AvgIpc) is 2.22. The highest BCUT2D eigenvalue weighted by Gasteiger charge is 2.13. The van der Waals surface area contributed by atoms with E-state index in [-0.39, 0.29) is 6.54 Å². The molecular formula is C10H12F3NO2. The molecule has 1 aromatic carbocycles. The molecule has 0 saturated carbocycles. The number of benzene rings is 1. The zero-order chi connectivity index (χ0) is 12.1. The Kier molecular flexibility index (Phi) is 4.57. The molecule has 3 nitrogen and oxygen atoms in total. The van der Waals surface area contributed by atoms with Crippen molar-refractivity contribution in [1.29, 1.82) is 0 Å². The van der Waals surface area contributed by atoms with Crippen LogP contribution in [0.3, 0.4) is 0 Å². The molecule has 0 aliphatic carbocycles. The second-order valence-corrected chi connectivity index (χ2v) is 3.03. The van der Waals surface area contributed by atoms with E-state index in [0.29, 0.717) is 12.1 Å². The Labute approximate surface area is 91.2 Å². The smallest absolute Gasteiger partial charge is 0.173 e. The normalized spacial score (nSPS) is 10.9. The van der Waals surface area contributed by atoms with Gasteiger partial charge in [-0.25, -0.2) is 13.2 Å². The van der Waals surface area contributed by atoms with Gasteiger partial charge < -0.3 is 14.8 Å². The molecule has 0 aromatic heterocycles. The van der Waals surface area contributed by atoms with Crippen LogP contribution in [0.2, 0.25) is 0 Å². The second kappa shape index (κ2) is 5.72. The first-order chi connectivity index (χ1) is 7.58. The largest absolute Gasteiger partial charge is 0.375 e. The number of halogens is 3. The number of ether oxygens (including phenoxy) is 2. The van der Waals surface area contributed by atoms with Crippen LogP contribution >= 0.6 is 0 Å². The van der Waals surface area contributed by atoms with Crippen molar-refractivity contribution in [2.45, 2.75) is 6.29 Å². The molecule has 0 unspecified atom stereocenters. The van der Waals surface area contributed by atoms with Gasteiger partial charge in [0.25, 0.3) is 0 Å². The summed E-state index contributed by atoms with van der Waals surface area (Å²) in [5, 5.41) is 2.44. The molecule has 0 atom stereocenters. The minimum atomic E-state index is -0.997. The number of methoxy groups -OCH3 is 2. The van der Waals surface area contributed by atoms with Crippen molar-refractivity contribution in [1.82, 2.24) is 0 Å². The third kappa shape index (κ3) is 3.11. The fourth-order valence-corrected chi connectivity index (χ4v) is 1.16. The maximum absolute atomic E-state index is 13.1. The topological polar surface area (TPSA) is 30.5 Å². The van der Waals surface area contributed by atoms with Gasteiger partial charge in [-0.1, -0.05) is 0 Å². The molecule has 1 aromatic rings. The molecular weight excluding hydrogens is 223 g/mol. The predicted molar refractivity (Wildman–Crippen MR) is 52.6 cm³/mol. The lowest BCUT2D eigenvalue weighted by molar-refractivity contribution is -0.0914. The molecule has 1 rings (SSSR count). The van der Waals surface area contributed by atoms with Crippen LogP contribution in [0.5, 0.6) is 0 Å². The third-order valence-electron chi connectivity index (χ3n) is 1.98. The van der Waals surface area contributed by atoms with Gasteiger partial charge in [0.05, 0.1) is 6.54 Å². The molecule has 0 aliphatic rings. The molecule has 0 amide bonds. The zero-order valence-corrected chi connectivity index (χ0v) is 8.89.